The lowest BCUT2D eigenvalue weighted by Crippen LogP contribution is -2.27. The zero-order valence-electron chi connectivity index (χ0n) is 9.37. The van der Waals surface area contributed by atoms with E-state index in [9.17, 15) is 9.18 Å². The summed E-state index contributed by atoms with van der Waals surface area (Å²) in [6, 6.07) is 1.05. The molecule has 1 atom stereocenters. The molecule has 1 saturated heterocycles. The zero-order valence-corrected chi connectivity index (χ0v) is 10.1. The number of aromatic nitrogens is 1. The number of pyridine rings is 1. The van der Waals surface area contributed by atoms with Crippen LogP contribution < -0.4 is 0 Å². The SMILES string of the molecule is CC1(C)OC[C@H](C(=O)c2cnc(Cl)c(F)c2)O1. The van der Waals surface area contributed by atoms with Crippen LogP contribution in [0.3, 0.4) is 0 Å². The molecule has 0 unspecified atom stereocenters. The van der Waals surface area contributed by atoms with Crippen molar-refractivity contribution < 1.29 is 18.7 Å². The number of halogens is 2. The first-order valence-electron chi connectivity index (χ1n) is 5.06. The van der Waals surface area contributed by atoms with Gasteiger partial charge in [-0.15, -0.1) is 0 Å². The van der Waals surface area contributed by atoms with E-state index >= 15 is 0 Å². The molecule has 0 radical (unpaired) electrons. The van der Waals surface area contributed by atoms with E-state index in [4.69, 9.17) is 21.1 Å². The van der Waals surface area contributed by atoms with Gasteiger partial charge in [0.15, 0.2) is 22.5 Å². The van der Waals surface area contributed by atoms with Gasteiger partial charge in [-0.2, -0.15) is 0 Å². The average molecular weight is 260 g/mol. The predicted octanol–water partition coefficient (Wildman–Crippen LogP) is 2.21. The van der Waals surface area contributed by atoms with E-state index in [0.717, 1.165) is 6.07 Å². The third kappa shape index (κ3) is 2.62. The standard InChI is InChI=1S/C11H11ClFNO3/c1-11(2)16-5-8(17-11)9(15)6-3-7(13)10(12)14-4-6/h3-4,8H,5H2,1-2H3/t8-/m1/s1. The summed E-state index contributed by atoms with van der Waals surface area (Å²) < 4.78 is 23.8. The number of ketones is 1. The number of ether oxygens (including phenoxy) is 2. The lowest BCUT2D eigenvalue weighted by molar-refractivity contribution is -0.133. The number of Topliss-reactive ketones (excluding diaryl/α,β-unsaturated/α-hetero) is 1. The Kier molecular flexibility index (Phi) is 3.16. The second-order valence-corrected chi connectivity index (χ2v) is 4.54. The van der Waals surface area contributed by atoms with Crippen LogP contribution in [0, 0.1) is 5.82 Å². The lowest BCUT2D eigenvalue weighted by Gasteiger charge is -2.16. The maximum atomic E-state index is 13.2. The molecule has 0 spiro atoms. The molecule has 0 aromatic carbocycles. The molecule has 1 aromatic heterocycles. The Labute approximate surface area is 103 Å². The monoisotopic (exact) mass is 259 g/mol. The van der Waals surface area contributed by atoms with Gasteiger partial charge in [0.1, 0.15) is 6.10 Å². The molecule has 17 heavy (non-hydrogen) atoms. The van der Waals surface area contributed by atoms with Gasteiger partial charge in [-0.25, -0.2) is 9.37 Å². The first-order chi connectivity index (χ1) is 7.89. The number of hydrogen-bond acceptors (Lipinski definition) is 4. The molecule has 2 rings (SSSR count). The summed E-state index contributed by atoms with van der Waals surface area (Å²) in [4.78, 5) is 15.5. The van der Waals surface area contributed by atoms with Gasteiger partial charge in [-0.3, -0.25) is 4.79 Å². The molecule has 6 heteroatoms. The molecule has 0 bridgehead atoms. The third-order valence-electron chi connectivity index (χ3n) is 2.38. The Balaban J connectivity index is 2.18. The van der Waals surface area contributed by atoms with E-state index in [0.29, 0.717) is 0 Å². The number of rotatable bonds is 2. The summed E-state index contributed by atoms with van der Waals surface area (Å²) in [6.07, 6.45) is 0.495. The highest BCUT2D eigenvalue weighted by Gasteiger charge is 2.37. The van der Waals surface area contributed by atoms with Crippen LogP contribution in [0.5, 0.6) is 0 Å². The first-order valence-corrected chi connectivity index (χ1v) is 5.44. The van der Waals surface area contributed by atoms with E-state index in [2.05, 4.69) is 4.98 Å². The molecule has 1 aliphatic rings. The van der Waals surface area contributed by atoms with Crippen molar-refractivity contribution in [2.45, 2.75) is 25.7 Å². The Bertz CT molecular complexity index is 464. The van der Waals surface area contributed by atoms with Crippen LogP contribution in [0.4, 0.5) is 4.39 Å². The highest BCUT2D eigenvalue weighted by atomic mass is 35.5. The number of carbonyl (C=O) groups excluding carboxylic acids is 1. The van der Waals surface area contributed by atoms with Crippen LogP contribution >= 0.6 is 11.6 Å². The molecule has 0 aliphatic carbocycles. The largest absolute Gasteiger partial charge is 0.347 e. The molecule has 1 aliphatic heterocycles. The molecule has 2 heterocycles. The maximum Gasteiger partial charge on any atom is 0.195 e. The minimum atomic E-state index is -0.793. The lowest BCUT2D eigenvalue weighted by atomic mass is 10.1. The second kappa shape index (κ2) is 4.33. The summed E-state index contributed by atoms with van der Waals surface area (Å²) in [5.41, 5.74) is 0.123. The summed E-state index contributed by atoms with van der Waals surface area (Å²) in [6.45, 7) is 3.57. The highest BCUT2D eigenvalue weighted by Crippen LogP contribution is 2.25. The van der Waals surface area contributed by atoms with Gasteiger partial charge in [-0.1, -0.05) is 11.6 Å². The van der Waals surface area contributed by atoms with Crippen molar-refractivity contribution >= 4 is 17.4 Å². The van der Waals surface area contributed by atoms with Crippen LogP contribution in [0.15, 0.2) is 12.3 Å². The van der Waals surface area contributed by atoms with Gasteiger partial charge in [0.25, 0.3) is 0 Å². The summed E-state index contributed by atoms with van der Waals surface area (Å²) in [5.74, 6) is -1.88. The molecular formula is C11H11ClFNO3. The van der Waals surface area contributed by atoms with Crippen LogP contribution in [0.2, 0.25) is 5.15 Å². The highest BCUT2D eigenvalue weighted by molar-refractivity contribution is 6.29. The Hall–Kier alpha value is -1.04. The van der Waals surface area contributed by atoms with Crippen LogP contribution in [-0.2, 0) is 9.47 Å². The van der Waals surface area contributed by atoms with E-state index in [1.165, 1.54) is 6.20 Å². The van der Waals surface area contributed by atoms with Gasteiger partial charge in [0.2, 0.25) is 0 Å². The van der Waals surface area contributed by atoms with Crippen molar-refractivity contribution in [1.82, 2.24) is 4.98 Å². The fourth-order valence-electron chi connectivity index (χ4n) is 1.56. The van der Waals surface area contributed by atoms with Crippen molar-refractivity contribution in [3.05, 3.63) is 28.8 Å². The Morgan fingerprint density at radius 1 is 1.65 bits per heavy atom. The maximum absolute atomic E-state index is 13.2. The third-order valence-corrected chi connectivity index (χ3v) is 2.66. The van der Waals surface area contributed by atoms with Crippen molar-refractivity contribution in [3.63, 3.8) is 0 Å². The van der Waals surface area contributed by atoms with Crippen LogP contribution in [0.25, 0.3) is 0 Å². The Morgan fingerprint density at radius 3 is 2.88 bits per heavy atom. The summed E-state index contributed by atoms with van der Waals surface area (Å²) in [5, 5.41) is -0.259. The Morgan fingerprint density at radius 2 is 2.35 bits per heavy atom. The molecule has 0 saturated carbocycles. The van der Waals surface area contributed by atoms with Crippen molar-refractivity contribution in [1.29, 1.82) is 0 Å². The van der Waals surface area contributed by atoms with Crippen molar-refractivity contribution in [3.8, 4) is 0 Å². The summed E-state index contributed by atoms with van der Waals surface area (Å²) in [7, 11) is 0. The van der Waals surface area contributed by atoms with Crippen molar-refractivity contribution in [2.75, 3.05) is 6.61 Å². The van der Waals surface area contributed by atoms with E-state index in [1.807, 2.05) is 0 Å². The minimum absolute atomic E-state index is 0.123. The molecular weight excluding hydrogens is 249 g/mol. The topological polar surface area (TPSA) is 48.4 Å². The quantitative estimate of drug-likeness (QED) is 0.604. The van der Waals surface area contributed by atoms with E-state index < -0.39 is 17.7 Å². The van der Waals surface area contributed by atoms with Crippen molar-refractivity contribution in [2.24, 2.45) is 0 Å². The van der Waals surface area contributed by atoms with Gasteiger partial charge < -0.3 is 9.47 Å². The van der Waals surface area contributed by atoms with Gasteiger partial charge in [0.05, 0.1) is 6.61 Å². The van der Waals surface area contributed by atoms with E-state index in [-0.39, 0.29) is 23.1 Å². The number of hydrogen-bond donors (Lipinski definition) is 0. The molecule has 4 nitrogen and oxygen atoms in total. The smallest absolute Gasteiger partial charge is 0.195 e. The average Bonchev–Trinajstić information content (AvgIpc) is 2.62. The van der Waals surface area contributed by atoms with Gasteiger partial charge >= 0.3 is 0 Å². The predicted molar refractivity (Wildman–Crippen MR) is 58.4 cm³/mol. The molecule has 92 valence electrons. The fourth-order valence-corrected chi connectivity index (χ4v) is 1.66. The molecule has 1 aromatic rings. The first kappa shape index (κ1) is 12.4. The fraction of sp³-hybridized carbons (Fsp3) is 0.455. The minimum Gasteiger partial charge on any atom is -0.347 e. The van der Waals surface area contributed by atoms with Crippen LogP contribution in [-0.4, -0.2) is 29.3 Å². The van der Waals surface area contributed by atoms with Crippen LogP contribution in [0.1, 0.15) is 24.2 Å². The molecule has 0 N–H and O–H groups in total. The number of nitrogens with zero attached hydrogens (tertiary/aromatic N) is 1. The normalized spacial score (nSPS) is 22.7. The zero-order chi connectivity index (χ0) is 12.6. The number of carbonyl (C=O) groups is 1. The van der Waals surface area contributed by atoms with Gasteiger partial charge in [0, 0.05) is 11.8 Å². The second-order valence-electron chi connectivity index (χ2n) is 4.18. The van der Waals surface area contributed by atoms with Gasteiger partial charge in [-0.05, 0) is 19.9 Å². The summed E-state index contributed by atoms with van der Waals surface area (Å²) >= 11 is 5.44. The molecule has 1 fully saturated rings. The van der Waals surface area contributed by atoms with E-state index in [1.54, 1.807) is 13.8 Å². The molecule has 0 amide bonds.